The van der Waals surface area contributed by atoms with Gasteiger partial charge in [-0.15, -0.1) is 0 Å². The molecule has 6 heteroatoms. The number of unbranched alkanes of at least 4 members (excludes halogenated alkanes) is 5. The Labute approximate surface area is 127 Å². The third-order valence-electron chi connectivity index (χ3n) is 2.58. The predicted molar refractivity (Wildman–Crippen MR) is 83.1 cm³/mol. The van der Waals surface area contributed by atoms with Gasteiger partial charge in [-0.05, 0) is 19.3 Å². The molecule has 0 aromatic heterocycles. The molecule has 0 aliphatic carbocycles. The number of rotatable bonds is 11. The third-order valence-corrected chi connectivity index (χ3v) is 5.24. The maximum atomic E-state index is 10.8. The first-order chi connectivity index (χ1) is 7.95. The van der Waals surface area contributed by atoms with Crippen molar-refractivity contribution in [1.29, 1.82) is 0 Å². The topological polar surface area (TPSA) is 34.1 Å². The molecule has 0 spiro atoms. The van der Waals surface area contributed by atoms with Crippen LogP contribution in [0.25, 0.3) is 0 Å². The summed E-state index contributed by atoms with van der Waals surface area (Å²) in [5, 5.41) is 1.10. The van der Waals surface area contributed by atoms with Crippen molar-refractivity contribution in [1.82, 2.24) is 0 Å². The molecular weight excluding hydrogens is 391 g/mol. The minimum Gasteiger partial charge on any atom is -0.212 e. The summed E-state index contributed by atoms with van der Waals surface area (Å²) in [5.74, 6) is 0.0652. The van der Waals surface area contributed by atoms with Crippen molar-refractivity contribution in [2.45, 2.75) is 56.2 Å². The summed E-state index contributed by atoms with van der Waals surface area (Å²) in [4.78, 5) is 0.276. The van der Waals surface area contributed by atoms with E-state index >= 15 is 0 Å². The Morgan fingerprint density at radius 1 is 0.941 bits per heavy atom. The highest BCUT2D eigenvalue weighted by Crippen LogP contribution is 2.17. The molecular formula is C11H21Br2ClO2S. The highest BCUT2D eigenvalue weighted by atomic mass is 79.9. The lowest BCUT2D eigenvalue weighted by molar-refractivity contribution is 0.577. The fourth-order valence-corrected chi connectivity index (χ4v) is 3.67. The Hall–Kier alpha value is 1.20. The van der Waals surface area contributed by atoms with E-state index in [1.165, 1.54) is 32.1 Å². The van der Waals surface area contributed by atoms with Crippen LogP contribution in [0.5, 0.6) is 0 Å². The van der Waals surface area contributed by atoms with Crippen LogP contribution in [-0.2, 0) is 9.05 Å². The minimum atomic E-state index is -3.33. The molecule has 0 saturated carbocycles. The van der Waals surface area contributed by atoms with E-state index in [9.17, 15) is 8.42 Å². The Morgan fingerprint density at radius 2 is 1.47 bits per heavy atom. The van der Waals surface area contributed by atoms with Crippen LogP contribution >= 0.6 is 42.5 Å². The van der Waals surface area contributed by atoms with Crippen LogP contribution in [0.4, 0.5) is 0 Å². The Morgan fingerprint density at radius 3 is 2.00 bits per heavy atom. The van der Waals surface area contributed by atoms with Crippen molar-refractivity contribution in [3.05, 3.63) is 0 Å². The van der Waals surface area contributed by atoms with Gasteiger partial charge in [-0.25, -0.2) is 8.42 Å². The zero-order valence-corrected chi connectivity index (χ0v) is 14.8. The summed E-state index contributed by atoms with van der Waals surface area (Å²) in [6, 6.07) is 0. The van der Waals surface area contributed by atoms with Crippen LogP contribution in [0.1, 0.15) is 51.4 Å². The van der Waals surface area contributed by atoms with Crippen molar-refractivity contribution in [3.63, 3.8) is 0 Å². The quantitative estimate of drug-likeness (QED) is 0.277. The molecule has 0 aliphatic heterocycles. The third kappa shape index (κ3) is 15.1. The van der Waals surface area contributed by atoms with E-state index in [4.69, 9.17) is 10.7 Å². The Balaban J connectivity index is 3.30. The van der Waals surface area contributed by atoms with Gasteiger partial charge in [0.25, 0.3) is 0 Å². The predicted octanol–water partition coefficient (Wildman–Crippen LogP) is 4.83. The van der Waals surface area contributed by atoms with Crippen molar-refractivity contribution in [2.75, 3.05) is 11.1 Å². The average Bonchev–Trinajstić information content (AvgIpc) is 2.24. The molecule has 104 valence electrons. The maximum absolute atomic E-state index is 10.8. The standard InChI is InChI=1S/C11H21Br2ClO2S/c12-9-6-4-2-1-3-5-7-11(13)8-10-17(14,15)16/h11H,1-10H2. The fourth-order valence-electron chi connectivity index (χ4n) is 1.58. The van der Waals surface area contributed by atoms with Gasteiger partial charge in [-0.3, -0.25) is 0 Å². The molecule has 0 bridgehead atoms. The molecule has 17 heavy (non-hydrogen) atoms. The van der Waals surface area contributed by atoms with Crippen LogP contribution in [-0.4, -0.2) is 24.3 Å². The molecule has 0 saturated heterocycles. The summed E-state index contributed by atoms with van der Waals surface area (Å²) in [6.45, 7) is 0. The first kappa shape index (κ1) is 18.2. The molecule has 1 unspecified atom stereocenters. The molecule has 0 rings (SSSR count). The zero-order valence-electron chi connectivity index (χ0n) is 10.0. The van der Waals surface area contributed by atoms with E-state index in [-0.39, 0.29) is 10.6 Å². The van der Waals surface area contributed by atoms with E-state index in [2.05, 4.69) is 31.9 Å². The minimum absolute atomic E-state index is 0.0652. The van der Waals surface area contributed by atoms with Gasteiger partial charge in [0, 0.05) is 20.8 Å². The van der Waals surface area contributed by atoms with Crippen molar-refractivity contribution in [3.8, 4) is 0 Å². The molecule has 0 heterocycles. The largest absolute Gasteiger partial charge is 0.232 e. The summed E-state index contributed by atoms with van der Waals surface area (Å²) in [6.07, 6.45) is 9.17. The number of hydrogen-bond donors (Lipinski definition) is 0. The van der Waals surface area contributed by atoms with Gasteiger partial charge in [-0.1, -0.05) is 64.0 Å². The fraction of sp³-hybridized carbons (Fsp3) is 1.00. The molecule has 0 aromatic rings. The molecule has 2 nitrogen and oxygen atoms in total. The molecule has 0 aromatic carbocycles. The first-order valence-electron chi connectivity index (χ1n) is 6.08. The van der Waals surface area contributed by atoms with Gasteiger partial charge in [0.1, 0.15) is 0 Å². The maximum Gasteiger partial charge on any atom is 0.232 e. The molecule has 0 amide bonds. The van der Waals surface area contributed by atoms with Crippen LogP contribution < -0.4 is 0 Å². The summed E-state index contributed by atoms with van der Waals surface area (Å²) in [5.41, 5.74) is 0. The molecule has 1 atom stereocenters. The van der Waals surface area contributed by atoms with Crippen molar-refractivity contribution >= 4 is 51.6 Å². The summed E-state index contributed by atoms with van der Waals surface area (Å²) < 4.78 is 21.5. The van der Waals surface area contributed by atoms with Gasteiger partial charge in [0.05, 0.1) is 5.75 Å². The monoisotopic (exact) mass is 410 g/mol. The van der Waals surface area contributed by atoms with E-state index in [1.807, 2.05) is 0 Å². The normalized spacial score (nSPS) is 13.8. The molecule has 0 aliphatic rings. The van der Waals surface area contributed by atoms with Gasteiger partial charge in [0.2, 0.25) is 9.05 Å². The van der Waals surface area contributed by atoms with Crippen LogP contribution in [0, 0.1) is 0 Å². The lowest BCUT2D eigenvalue weighted by Crippen LogP contribution is -2.06. The zero-order chi connectivity index (χ0) is 13.1. The Bertz CT molecular complexity index is 271. The lowest BCUT2D eigenvalue weighted by Gasteiger charge is -2.08. The van der Waals surface area contributed by atoms with Gasteiger partial charge in [-0.2, -0.15) is 0 Å². The number of hydrogen-bond acceptors (Lipinski definition) is 2. The van der Waals surface area contributed by atoms with Crippen molar-refractivity contribution in [2.24, 2.45) is 0 Å². The molecule has 0 N–H and O–H groups in total. The second-order valence-corrected chi connectivity index (χ2v) is 9.21. The van der Waals surface area contributed by atoms with E-state index < -0.39 is 9.05 Å². The van der Waals surface area contributed by atoms with E-state index in [1.54, 1.807) is 0 Å². The second kappa shape index (κ2) is 11.1. The second-order valence-electron chi connectivity index (χ2n) is 4.23. The highest BCUT2D eigenvalue weighted by Gasteiger charge is 2.10. The average molecular weight is 413 g/mol. The van der Waals surface area contributed by atoms with Gasteiger partial charge >= 0.3 is 0 Å². The first-order valence-corrected chi connectivity index (χ1v) is 10.6. The molecule has 0 fully saturated rings. The smallest absolute Gasteiger partial charge is 0.212 e. The van der Waals surface area contributed by atoms with Gasteiger partial charge < -0.3 is 0 Å². The van der Waals surface area contributed by atoms with E-state index in [0.717, 1.165) is 18.2 Å². The van der Waals surface area contributed by atoms with Crippen LogP contribution in [0.3, 0.4) is 0 Å². The number of halogens is 3. The van der Waals surface area contributed by atoms with Crippen LogP contribution in [0.15, 0.2) is 0 Å². The van der Waals surface area contributed by atoms with Gasteiger partial charge in [0.15, 0.2) is 0 Å². The molecule has 0 radical (unpaired) electrons. The van der Waals surface area contributed by atoms with Crippen LogP contribution in [0.2, 0.25) is 0 Å². The summed E-state index contributed by atoms with van der Waals surface area (Å²) >= 11 is 6.91. The highest BCUT2D eigenvalue weighted by molar-refractivity contribution is 9.09. The Kier molecular flexibility index (Phi) is 11.8. The van der Waals surface area contributed by atoms with E-state index in [0.29, 0.717) is 6.42 Å². The van der Waals surface area contributed by atoms with Crippen molar-refractivity contribution < 1.29 is 8.42 Å². The SMILES string of the molecule is O=S(=O)(Cl)CCC(Br)CCCCCCCCBr. The lowest BCUT2D eigenvalue weighted by atomic mass is 10.1. The number of alkyl halides is 2. The summed E-state index contributed by atoms with van der Waals surface area (Å²) in [7, 11) is 1.83.